The molecule has 0 saturated carbocycles. The van der Waals surface area contributed by atoms with Crippen molar-refractivity contribution in [2.24, 2.45) is 0 Å². The molecule has 0 spiro atoms. The van der Waals surface area contributed by atoms with Gasteiger partial charge in [-0.15, -0.1) is 0 Å². The van der Waals surface area contributed by atoms with Gasteiger partial charge >= 0.3 is 5.97 Å². The summed E-state index contributed by atoms with van der Waals surface area (Å²) in [7, 11) is 0. The fourth-order valence-electron chi connectivity index (χ4n) is 2.86. The number of carbonyl (C=O) groups excluding carboxylic acids is 1. The molecule has 2 N–H and O–H groups in total. The molecule has 0 radical (unpaired) electrons. The molecule has 1 fully saturated rings. The number of aromatic nitrogens is 1. The number of carboxylic acid groups (broad SMARTS) is 1. The Labute approximate surface area is 116 Å². The van der Waals surface area contributed by atoms with E-state index in [0.29, 0.717) is 18.5 Å². The van der Waals surface area contributed by atoms with Crippen LogP contribution in [0.5, 0.6) is 0 Å². The third-order valence-corrected chi connectivity index (χ3v) is 3.87. The van der Waals surface area contributed by atoms with Gasteiger partial charge in [0.05, 0.1) is 0 Å². The lowest BCUT2D eigenvalue weighted by atomic mass is 10.00. The van der Waals surface area contributed by atoms with Crippen LogP contribution in [0.4, 0.5) is 0 Å². The molecule has 0 bridgehead atoms. The molecule has 1 amide bonds. The predicted octanol–water partition coefficient (Wildman–Crippen LogP) is 2.25. The molecule has 1 saturated heterocycles. The number of carboxylic acids is 1. The number of nitrogens with zero attached hydrogens (tertiary/aromatic N) is 1. The van der Waals surface area contributed by atoms with E-state index in [0.717, 1.165) is 23.7 Å². The summed E-state index contributed by atoms with van der Waals surface area (Å²) in [6.07, 6.45) is 4.03. The molecule has 1 aliphatic heterocycles. The van der Waals surface area contributed by atoms with E-state index in [1.54, 1.807) is 12.3 Å². The van der Waals surface area contributed by atoms with E-state index in [4.69, 9.17) is 0 Å². The molecule has 1 aromatic carbocycles. The zero-order valence-corrected chi connectivity index (χ0v) is 11.0. The summed E-state index contributed by atoms with van der Waals surface area (Å²) in [5.74, 6) is -1.11. The second-order valence-electron chi connectivity index (χ2n) is 5.09. The predicted molar refractivity (Wildman–Crippen MR) is 74.6 cm³/mol. The highest BCUT2D eigenvalue weighted by Gasteiger charge is 2.32. The van der Waals surface area contributed by atoms with Crippen molar-refractivity contribution in [3.05, 3.63) is 36.0 Å². The van der Waals surface area contributed by atoms with Crippen molar-refractivity contribution in [2.45, 2.75) is 25.3 Å². The Morgan fingerprint density at radius 1 is 1.25 bits per heavy atom. The van der Waals surface area contributed by atoms with Crippen LogP contribution in [0.1, 0.15) is 29.6 Å². The van der Waals surface area contributed by atoms with Crippen LogP contribution in [0.25, 0.3) is 10.9 Å². The molecule has 1 aliphatic rings. The van der Waals surface area contributed by atoms with Gasteiger partial charge in [-0.1, -0.05) is 6.07 Å². The molecule has 3 rings (SSSR count). The van der Waals surface area contributed by atoms with E-state index in [1.165, 1.54) is 4.90 Å². The second kappa shape index (κ2) is 5.00. The quantitative estimate of drug-likeness (QED) is 0.880. The average Bonchev–Trinajstić information content (AvgIpc) is 2.94. The number of H-pyrrole nitrogens is 1. The highest BCUT2D eigenvalue weighted by molar-refractivity contribution is 6.07. The van der Waals surface area contributed by atoms with Crippen molar-refractivity contribution in [1.29, 1.82) is 0 Å². The number of aromatic amines is 1. The standard InChI is InChI=1S/C15H16N2O3/c18-14(17-9-2-1-6-13(17)15(19)20)11-4-3-5-12-10(11)7-8-16-12/h3-5,7-8,13,16H,1-2,6,9H2,(H,19,20). The maximum atomic E-state index is 12.7. The van der Waals surface area contributed by atoms with Crippen LogP contribution in [0.15, 0.2) is 30.5 Å². The molecular weight excluding hydrogens is 256 g/mol. The molecule has 20 heavy (non-hydrogen) atoms. The maximum Gasteiger partial charge on any atom is 0.326 e. The fraction of sp³-hybridized carbons (Fsp3) is 0.333. The van der Waals surface area contributed by atoms with Gasteiger partial charge in [0, 0.05) is 29.2 Å². The van der Waals surface area contributed by atoms with Gasteiger partial charge in [0.1, 0.15) is 6.04 Å². The third kappa shape index (κ3) is 2.05. The number of nitrogens with one attached hydrogen (secondary N) is 1. The van der Waals surface area contributed by atoms with E-state index in [2.05, 4.69) is 4.98 Å². The van der Waals surface area contributed by atoms with Crippen LogP contribution < -0.4 is 0 Å². The molecule has 5 heteroatoms. The van der Waals surface area contributed by atoms with Crippen molar-refractivity contribution < 1.29 is 14.7 Å². The summed E-state index contributed by atoms with van der Waals surface area (Å²) in [6, 6.07) is 6.61. The Hall–Kier alpha value is -2.30. The topological polar surface area (TPSA) is 73.4 Å². The average molecular weight is 272 g/mol. The Balaban J connectivity index is 1.98. The first-order valence-electron chi connectivity index (χ1n) is 6.78. The summed E-state index contributed by atoms with van der Waals surface area (Å²) in [6.45, 7) is 0.511. The minimum absolute atomic E-state index is 0.192. The van der Waals surface area contributed by atoms with Gasteiger partial charge in [-0.25, -0.2) is 4.79 Å². The molecule has 0 aliphatic carbocycles. The van der Waals surface area contributed by atoms with Crippen LogP contribution in [-0.4, -0.2) is 39.5 Å². The molecule has 1 aromatic heterocycles. The van der Waals surface area contributed by atoms with E-state index < -0.39 is 12.0 Å². The number of hydrogen-bond acceptors (Lipinski definition) is 2. The Morgan fingerprint density at radius 2 is 2.10 bits per heavy atom. The lowest BCUT2D eigenvalue weighted by Gasteiger charge is -2.33. The Kier molecular flexibility index (Phi) is 3.18. The van der Waals surface area contributed by atoms with Crippen molar-refractivity contribution in [3.63, 3.8) is 0 Å². The maximum absolute atomic E-state index is 12.7. The minimum Gasteiger partial charge on any atom is -0.480 e. The third-order valence-electron chi connectivity index (χ3n) is 3.87. The van der Waals surface area contributed by atoms with Crippen LogP contribution in [0.3, 0.4) is 0 Å². The first-order valence-corrected chi connectivity index (χ1v) is 6.78. The SMILES string of the molecule is O=C(O)C1CCCCN1C(=O)c1cccc2[nH]ccc12. The number of piperidine rings is 1. The first kappa shape index (κ1) is 12.7. The summed E-state index contributed by atoms with van der Waals surface area (Å²) in [4.78, 5) is 28.5. The van der Waals surface area contributed by atoms with Crippen molar-refractivity contribution in [2.75, 3.05) is 6.54 Å². The zero-order chi connectivity index (χ0) is 14.1. The van der Waals surface area contributed by atoms with E-state index >= 15 is 0 Å². The fourth-order valence-corrected chi connectivity index (χ4v) is 2.86. The highest BCUT2D eigenvalue weighted by Crippen LogP contribution is 2.24. The number of likely N-dealkylation sites (tertiary alicyclic amines) is 1. The minimum atomic E-state index is -0.917. The van der Waals surface area contributed by atoms with E-state index in [-0.39, 0.29) is 5.91 Å². The summed E-state index contributed by atoms with van der Waals surface area (Å²) in [5.41, 5.74) is 1.46. The smallest absolute Gasteiger partial charge is 0.326 e. The molecule has 104 valence electrons. The summed E-state index contributed by atoms with van der Waals surface area (Å²) in [5, 5.41) is 10.1. The van der Waals surface area contributed by atoms with Gasteiger partial charge in [0.2, 0.25) is 0 Å². The molecule has 5 nitrogen and oxygen atoms in total. The summed E-state index contributed by atoms with van der Waals surface area (Å²) >= 11 is 0. The summed E-state index contributed by atoms with van der Waals surface area (Å²) < 4.78 is 0. The van der Waals surface area contributed by atoms with Gasteiger partial charge < -0.3 is 15.0 Å². The Morgan fingerprint density at radius 3 is 2.90 bits per heavy atom. The molecule has 2 aromatic rings. The van der Waals surface area contributed by atoms with Crippen molar-refractivity contribution in [3.8, 4) is 0 Å². The lowest BCUT2D eigenvalue weighted by Crippen LogP contribution is -2.48. The van der Waals surface area contributed by atoms with Crippen LogP contribution in [0.2, 0.25) is 0 Å². The van der Waals surface area contributed by atoms with Gasteiger partial charge in [-0.2, -0.15) is 0 Å². The number of hydrogen-bond donors (Lipinski definition) is 2. The highest BCUT2D eigenvalue weighted by atomic mass is 16.4. The van der Waals surface area contributed by atoms with Crippen molar-refractivity contribution in [1.82, 2.24) is 9.88 Å². The largest absolute Gasteiger partial charge is 0.480 e. The number of amides is 1. The Bertz CT molecular complexity index is 662. The molecular formula is C15H16N2O3. The lowest BCUT2D eigenvalue weighted by molar-refractivity contribution is -0.143. The number of rotatable bonds is 2. The number of benzene rings is 1. The van der Waals surface area contributed by atoms with E-state index in [9.17, 15) is 14.7 Å². The van der Waals surface area contributed by atoms with E-state index in [1.807, 2.05) is 18.2 Å². The number of carbonyl (C=O) groups is 2. The van der Waals surface area contributed by atoms with Crippen LogP contribution >= 0.6 is 0 Å². The van der Waals surface area contributed by atoms with Crippen LogP contribution in [-0.2, 0) is 4.79 Å². The van der Waals surface area contributed by atoms with Gasteiger partial charge in [0.25, 0.3) is 5.91 Å². The normalized spacial score (nSPS) is 19.2. The first-order chi connectivity index (χ1) is 9.68. The molecule has 1 atom stereocenters. The molecule has 2 heterocycles. The van der Waals surface area contributed by atoms with Gasteiger partial charge in [0.15, 0.2) is 0 Å². The number of aliphatic carboxylic acids is 1. The molecule has 1 unspecified atom stereocenters. The number of fused-ring (bicyclic) bond motifs is 1. The zero-order valence-electron chi connectivity index (χ0n) is 11.0. The second-order valence-corrected chi connectivity index (χ2v) is 5.09. The van der Waals surface area contributed by atoms with Crippen LogP contribution in [0, 0.1) is 0 Å². The van der Waals surface area contributed by atoms with Gasteiger partial charge in [-0.3, -0.25) is 4.79 Å². The monoisotopic (exact) mass is 272 g/mol. The van der Waals surface area contributed by atoms with Gasteiger partial charge in [-0.05, 0) is 37.5 Å². The van der Waals surface area contributed by atoms with Crippen molar-refractivity contribution >= 4 is 22.8 Å².